The van der Waals surface area contributed by atoms with Gasteiger partial charge >= 0.3 is 48.6 Å². The van der Waals surface area contributed by atoms with Gasteiger partial charge in [0.25, 0.3) is 35.4 Å². The molecule has 6 aliphatic rings. The number of benzene rings is 1. The molecule has 538 valence electrons. The molecule has 0 aromatic heterocycles. The van der Waals surface area contributed by atoms with Crippen LogP contribution in [0.15, 0.2) is 30.3 Å². The Morgan fingerprint density at radius 3 is 0.808 bits per heavy atom. The molecule has 7 rings (SSSR count). The Morgan fingerprint density at radius 1 is 0.364 bits per heavy atom. The van der Waals surface area contributed by atoms with Gasteiger partial charge in [0.05, 0.1) is 0 Å². The van der Waals surface area contributed by atoms with Crippen LogP contribution in [0.3, 0.4) is 0 Å². The predicted molar refractivity (Wildman–Crippen MR) is 323 cm³/mol. The van der Waals surface area contributed by atoms with Gasteiger partial charge in [-0.15, -0.1) is 0 Å². The highest BCUT2D eigenvalue weighted by molar-refractivity contribution is 6.10. The van der Waals surface area contributed by atoms with Crippen LogP contribution in [0.25, 0.3) is 0 Å². The second-order valence-electron chi connectivity index (χ2n) is 25.1. The minimum Gasteiger partial charge on any atom is -0.459 e. The number of amides is 18. The highest BCUT2D eigenvalue weighted by Crippen LogP contribution is 2.29. The second-order valence-corrected chi connectivity index (χ2v) is 25.1. The van der Waals surface area contributed by atoms with E-state index in [9.17, 15) is 91.1 Å². The van der Waals surface area contributed by atoms with Gasteiger partial charge in [-0.25, -0.2) is 67.8 Å². The zero-order chi connectivity index (χ0) is 74.0. The maximum atomic E-state index is 14.1. The fourth-order valence-electron chi connectivity index (χ4n) is 11.3. The van der Waals surface area contributed by atoms with Crippen LogP contribution in [0.1, 0.15) is 109 Å². The highest BCUT2D eigenvalue weighted by atomic mass is 16.6. The SMILES string of the molecule is C[C@H](NC(=O)OC(C)(C)C)C(=O)N1C(=O)O[C@H](C)[C@@H]1C(=O)N[C@@H](C)C(=O)N1C(=O)O[C@H](C)[C@@H]1C(=O)N[C@@H](C)C(=O)N1C(=O)O[C@H](C)[C@@H]1C(=O)N[C@@H](C)C(=O)N1C(=O)O[C@H](C)[C@@H]1C(=O)N[C@@H](C)C(=O)N1C(=O)O[C@H](C)[C@@H]1C(=O)N[C@@H](C)C(=O)N1C(=O)O[C@H](C)[C@@H]1C(=O)OCc1ccccc1. The molecule has 18 amide bonds. The van der Waals surface area contributed by atoms with Crippen molar-refractivity contribution in [1.29, 1.82) is 0 Å². The molecule has 99 heavy (non-hydrogen) atoms. The lowest BCUT2D eigenvalue weighted by molar-refractivity contribution is -0.154. The fourth-order valence-corrected chi connectivity index (χ4v) is 11.3. The van der Waals surface area contributed by atoms with E-state index in [1.54, 1.807) is 51.1 Å². The van der Waals surface area contributed by atoms with E-state index in [0.717, 1.165) is 34.6 Å². The Labute approximate surface area is 563 Å². The number of nitrogens with zero attached hydrogens (tertiary/aromatic N) is 6. The number of carbonyl (C=O) groups is 19. The summed E-state index contributed by atoms with van der Waals surface area (Å²) < 4.78 is 41.5. The van der Waals surface area contributed by atoms with Crippen LogP contribution in [0.4, 0.5) is 33.6 Å². The number of hydrogen-bond acceptors (Lipinski definition) is 27. The number of carbonyl (C=O) groups excluding carboxylic acids is 19. The molecule has 39 heteroatoms. The van der Waals surface area contributed by atoms with E-state index in [2.05, 4.69) is 31.9 Å². The number of hydrogen-bond donors (Lipinski definition) is 6. The molecule has 0 saturated carbocycles. The van der Waals surface area contributed by atoms with Crippen molar-refractivity contribution >= 4 is 114 Å². The molecule has 1 aromatic rings. The first-order valence-corrected chi connectivity index (χ1v) is 31.0. The molecule has 6 fully saturated rings. The Bertz CT molecular complexity index is 3550. The molecule has 39 nitrogen and oxygen atoms in total. The van der Waals surface area contributed by atoms with Crippen LogP contribution in [-0.2, 0) is 102 Å². The largest absolute Gasteiger partial charge is 0.459 e. The topological polar surface area (TPSA) is 490 Å². The second kappa shape index (κ2) is 29.7. The Balaban J connectivity index is 0.953. The van der Waals surface area contributed by atoms with Crippen molar-refractivity contribution in [1.82, 2.24) is 61.3 Å². The number of rotatable bonds is 20. The van der Waals surface area contributed by atoms with E-state index in [0.29, 0.717) is 25.2 Å². The summed E-state index contributed by atoms with van der Waals surface area (Å²) in [7, 11) is 0. The first-order valence-electron chi connectivity index (χ1n) is 31.0. The molecule has 0 unspecified atom stereocenters. The van der Waals surface area contributed by atoms with Gasteiger partial charge in [-0.05, 0) is 109 Å². The molecule has 0 bridgehead atoms. The molecule has 6 saturated heterocycles. The normalized spacial score (nSPS) is 26.7. The average molecular weight is 1400 g/mol. The van der Waals surface area contributed by atoms with Gasteiger partial charge in [0.1, 0.15) is 85.1 Å². The number of ether oxygens (including phenoxy) is 8. The first-order chi connectivity index (χ1) is 46.1. The van der Waals surface area contributed by atoms with Crippen LogP contribution in [0.5, 0.6) is 0 Å². The molecule has 0 spiro atoms. The maximum Gasteiger partial charge on any atom is 0.417 e. The summed E-state index contributed by atoms with van der Waals surface area (Å²) in [5.41, 5.74) is -0.379. The smallest absolute Gasteiger partial charge is 0.417 e. The molecule has 1 aromatic carbocycles. The number of nitrogens with one attached hydrogen (secondary N) is 6. The summed E-state index contributed by atoms with van der Waals surface area (Å²) in [5.74, 6) is -14.6. The third-order valence-corrected chi connectivity index (χ3v) is 16.2. The van der Waals surface area contributed by atoms with Crippen LogP contribution >= 0.6 is 0 Å². The minimum absolute atomic E-state index is 0.220. The van der Waals surface area contributed by atoms with Crippen molar-refractivity contribution in [2.45, 2.75) is 225 Å². The molecule has 18 atom stereocenters. The first kappa shape index (κ1) is 75.3. The number of cyclic esters (lactones) is 6. The lowest BCUT2D eigenvalue weighted by Gasteiger charge is -2.29. The summed E-state index contributed by atoms with van der Waals surface area (Å²) in [6.07, 6.45) is -17.5. The lowest BCUT2D eigenvalue weighted by atomic mass is 10.1. The standard InChI is InChI=1S/C60H76N12O27/c1-22(46(78)68-36(29(8)94-55(68)87)42(74)63-24(3)48(80)70-38(31(10)96-57(70)89)44(76)65-26(5)50(82)72-40(33(12)98-59(72)91)52(84)92-21-34-19-17-16-18-20-34)61-41(73)35-28(7)93-54(86)67(35)47(79)23(2)62-43(75)37-30(9)95-56(88)69(37)49(81)25(4)64-45(77)39-32(11)97-58(90)71(39)51(83)27(6)66-53(85)99-60(13,14)15/h16-20,22-33,35-40H,21H2,1-15H3,(H,61,73)(H,62,75)(H,63,74)(H,64,77)(H,65,76)(H,66,85)/t22-,23-,24-,25-,26-,27-,28+,29+,30+,31+,32+,33+,35+,36+,37+,38+,39+,40+/m0/s1. The quantitative estimate of drug-likeness (QED) is 0.0644. The van der Waals surface area contributed by atoms with Crippen molar-refractivity contribution in [3.63, 3.8) is 0 Å². The summed E-state index contributed by atoms with van der Waals surface area (Å²) >= 11 is 0. The maximum absolute atomic E-state index is 14.1. The molecular weight excluding hydrogens is 1320 g/mol. The van der Waals surface area contributed by atoms with Crippen LogP contribution in [0.2, 0.25) is 0 Å². The fraction of sp³-hybridized carbons (Fsp3) is 0.583. The van der Waals surface area contributed by atoms with Crippen LogP contribution in [-0.4, -0.2) is 258 Å². The number of alkyl carbamates (subject to hydrolysis) is 1. The van der Waals surface area contributed by atoms with Gasteiger partial charge in [0.2, 0.25) is 29.5 Å². The molecule has 6 heterocycles. The van der Waals surface area contributed by atoms with E-state index in [1.807, 2.05) is 0 Å². The third kappa shape index (κ3) is 15.9. The van der Waals surface area contributed by atoms with E-state index in [4.69, 9.17) is 37.9 Å². The summed E-state index contributed by atoms with van der Waals surface area (Å²) in [5, 5.41) is 13.6. The third-order valence-electron chi connectivity index (χ3n) is 16.2. The Kier molecular flexibility index (Phi) is 22.6. The Morgan fingerprint density at radius 2 is 0.576 bits per heavy atom. The van der Waals surface area contributed by atoms with Crippen molar-refractivity contribution in [3.8, 4) is 0 Å². The zero-order valence-electron chi connectivity index (χ0n) is 56.2. The summed E-state index contributed by atoms with van der Waals surface area (Å²) in [6, 6.07) is -12.6. The van der Waals surface area contributed by atoms with Crippen molar-refractivity contribution < 1.29 is 129 Å². The van der Waals surface area contributed by atoms with Gasteiger partial charge in [-0.3, -0.25) is 52.7 Å². The lowest BCUT2D eigenvalue weighted by Crippen LogP contribution is -2.62. The van der Waals surface area contributed by atoms with Gasteiger partial charge in [-0.2, -0.15) is 0 Å². The summed E-state index contributed by atoms with van der Waals surface area (Å²) in [6.45, 7) is 18.4. The molecule has 0 radical (unpaired) electrons. The van der Waals surface area contributed by atoms with Gasteiger partial charge in [0, 0.05) is 0 Å². The predicted octanol–water partition coefficient (Wildman–Crippen LogP) is -1.42. The van der Waals surface area contributed by atoms with E-state index >= 15 is 0 Å². The molecule has 0 aliphatic carbocycles. The zero-order valence-corrected chi connectivity index (χ0v) is 56.2. The van der Waals surface area contributed by atoms with E-state index < -0.39 is 228 Å². The van der Waals surface area contributed by atoms with Gasteiger partial charge in [0.15, 0.2) is 36.3 Å². The van der Waals surface area contributed by atoms with Crippen molar-refractivity contribution in [2.75, 3.05) is 0 Å². The monoisotopic (exact) mass is 1400 g/mol. The molecular formula is C60H76N12O27. The van der Waals surface area contributed by atoms with Crippen molar-refractivity contribution in [3.05, 3.63) is 35.9 Å². The van der Waals surface area contributed by atoms with E-state index in [1.165, 1.54) is 48.5 Å². The highest BCUT2D eigenvalue weighted by Gasteiger charge is 2.57. The van der Waals surface area contributed by atoms with Crippen molar-refractivity contribution in [2.24, 2.45) is 0 Å². The molecule has 6 aliphatic heterocycles. The summed E-state index contributed by atoms with van der Waals surface area (Å²) in [4.78, 5) is 260. The molecule has 6 N–H and O–H groups in total. The number of esters is 1. The van der Waals surface area contributed by atoms with Gasteiger partial charge < -0.3 is 69.8 Å². The Hall–Kier alpha value is -11.1. The van der Waals surface area contributed by atoms with Gasteiger partial charge in [-0.1, -0.05) is 30.3 Å². The minimum atomic E-state index is -1.93. The van der Waals surface area contributed by atoms with E-state index in [-0.39, 0.29) is 16.4 Å². The average Bonchev–Trinajstić information content (AvgIpc) is 1.67. The van der Waals surface area contributed by atoms with Crippen LogP contribution in [0, 0.1) is 0 Å². The number of imide groups is 6. The van der Waals surface area contributed by atoms with Crippen LogP contribution < -0.4 is 31.9 Å².